The van der Waals surface area contributed by atoms with E-state index in [9.17, 15) is 13.2 Å². The summed E-state index contributed by atoms with van der Waals surface area (Å²) in [4.78, 5) is 0. The van der Waals surface area contributed by atoms with Gasteiger partial charge in [-0.2, -0.15) is 5.10 Å². The van der Waals surface area contributed by atoms with Crippen LogP contribution in [0.4, 0.5) is 13.2 Å². The van der Waals surface area contributed by atoms with E-state index in [4.69, 9.17) is 11.6 Å². The maximum absolute atomic E-state index is 13.2. The van der Waals surface area contributed by atoms with Crippen LogP contribution >= 0.6 is 11.6 Å². The summed E-state index contributed by atoms with van der Waals surface area (Å²) in [6.07, 6.45) is 0. The molecule has 0 spiro atoms. The molecule has 6 heteroatoms. The van der Waals surface area contributed by atoms with Gasteiger partial charge in [-0.15, -0.1) is 0 Å². The lowest BCUT2D eigenvalue weighted by Crippen LogP contribution is -2.01. The van der Waals surface area contributed by atoms with Crippen LogP contribution < -0.4 is 0 Å². The molecular weight excluding hydrogens is 277 g/mol. The summed E-state index contributed by atoms with van der Waals surface area (Å²) in [5, 5.41) is 4.42. The van der Waals surface area contributed by atoms with Crippen LogP contribution in [0.2, 0.25) is 5.15 Å². The minimum Gasteiger partial charge on any atom is -0.221 e. The molecule has 0 radical (unpaired) electrons. The Balaban J connectivity index is 2.63. The maximum Gasteiger partial charge on any atom is 0.194 e. The first-order chi connectivity index (χ1) is 8.82. The quantitative estimate of drug-likeness (QED) is 0.750. The van der Waals surface area contributed by atoms with Crippen molar-refractivity contribution in [1.29, 1.82) is 0 Å². The highest BCUT2D eigenvalue weighted by molar-refractivity contribution is 6.30. The number of rotatable bonds is 2. The summed E-state index contributed by atoms with van der Waals surface area (Å²) in [7, 11) is 0. The number of nitrogens with zero attached hydrogens (tertiary/aromatic N) is 2. The molecule has 0 saturated heterocycles. The number of hydrogen-bond donors (Lipinski definition) is 0. The van der Waals surface area contributed by atoms with Gasteiger partial charge in [0.25, 0.3) is 0 Å². The summed E-state index contributed by atoms with van der Waals surface area (Å²) < 4.78 is 40.6. The van der Waals surface area contributed by atoms with E-state index in [1.54, 1.807) is 6.92 Å². The lowest BCUT2D eigenvalue weighted by Gasteiger charge is -2.06. The van der Waals surface area contributed by atoms with E-state index in [1.807, 2.05) is 13.8 Å². The van der Waals surface area contributed by atoms with Crippen molar-refractivity contribution in [2.45, 2.75) is 26.7 Å². The van der Waals surface area contributed by atoms with Crippen molar-refractivity contribution in [3.05, 3.63) is 46.0 Å². The zero-order chi connectivity index (χ0) is 14.3. The minimum atomic E-state index is -1.51. The Kier molecular flexibility index (Phi) is 3.58. The van der Waals surface area contributed by atoms with Gasteiger partial charge in [-0.1, -0.05) is 25.4 Å². The molecule has 2 aromatic rings. The molecule has 0 aliphatic heterocycles. The molecule has 0 aliphatic rings. The molecule has 1 heterocycles. The van der Waals surface area contributed by atoms with E-state index in [2.05, 4.69) is 5.10 Å². The Hall–Kier alpha value is -1.49. The molecule has 2 rings (SSSR count). The Bertz CT molecular complexity index is 612. The summed E-state index contributed by atoms with van der Waals surface area (Å²) in [5.74, 6) is -3.93. The third-order valence-electron chi connectivity index (χ3n) is 2.84. The van der Waals surface area contributed by atoms with Gasteiger partial charge in [-0.25, -0.2) is 17.9 Å². The van der Waals surface area contributed by atoms with Crippen molar-refractivity contribution in [3.63, 3.8) is 0 Å². The first-order valence-corrected chi connectivity index (χ1v) is 6.10. The standard InChI is InChI=1S/C13H12ClF3N2/c1-6(2)11-7(3)18-19(13(11)14)8-4-9(15)12(17)10(16)5-8/h4-6H,1-3H3. The number of hydrogen-bond acceptors (Lipinski definition) is 1. The predicted molar refractivity (Wildman–Crippen MR) is 67.3 cm³/mol. The van der Waals surface area contributed by atoms with E-state index in [0.29, 0.717) is 5.69 Å². The van der Waals surface area contributed by atoms with Crippen LogP contribution in [-0.2, 0) is 0 Å². The Morgan fingerprint density at radius 1 is 1.16 bits per heavy atom. The van der Waals surface area contributed by atoms with E-state index in [-0.39, 0.29) is 16.8 Å². The minimum absolute atomic E-state index is 0.0522. The van der Waals surface area contributed by atoms with Crippen molar-refractivity contribution in [3.8, 4) is 5.69 Å². The number of aryl methyl sites for hydroxylation is 1. The first-order valence-electron chi connectivity index (χ1n) is 5.72. The average molecular weight is 289 g/mol. The molecule has 0 N–H and O–H groups in total. The van der Waals surface area contributed by atoms with Crippen LogP contribution in [0.15, 0.2) is 12.1 Å². The third-order valence-corrected chi connectivity index (χ3v) is 3.20. The van der Waals surface area contributed by atoms with E-state index in [1.165, 1.54) is 4.68 Å². The van der Waals surface area contributed by atoms with E-state index in [0.717, 1.165) is 17.7 Å². The van der Waals surface area contributed by atoms with Crippen molar-refractivity contribution in [1.82, 2.24) is 9.78 Å². The fraction of sp³-hybridized carbons (Fsp3) is 0.308. The molecule has 0 atom stereocenters. The van der Waals surface area contributed by atoms with Gasteiger partial charge in [0, 0.05) is 17.7 Å². The van der Waals surface area contributed by atoms with Crippen molar-refractivity contribution >= 4 is 11.6 Å². The number of aromatic nitrogens is 2. The molecule has 0 bridgehead atoms. The van der Waals surface area contributed by atoms with Gasteiger partial charge in [-0.3, -0.25) is 0 Å². The van der Waals surface area contributed by atoms with Gasteiger partial charge in [0.1, 0.15) is 5.15 Å². The monoisotopic (exact) mass is 288 g/mol. The normalized spacial score (nSPS) is 11.4. The molecule has 1 aromatic heterocycles. The van der Waals surface area contributed by atoms with E-state index < -0.39 is 17.5 Å². The molecule has 0 unspecified atom stereocenters. The number of halogens is 4. The molecule has 1 aromatic carbocycles. The van der Waals surface area contributed by atoms with E-state index >= 15 is 0 Å². The summed E-state index contributed by atoms with van der Waals surface area (Å²) in [6, 6.07) is 1.72. The van der Waals surface area contributed by atoms with Gasteiger partial charge in [0.15, 0.2) is 17.5 Å². The van der Waals surface area contributed by atoms with Crippen LogP contribution in [0.3, 0.4) is 0 Å². The Morgan fingerprint density at radius 2 is 1.68 bits per heavy atom. The average Bonchev–Trinajstić information content (AvgIpc) is 2.61. The van der Waals surface area contributed by atoms with Gasteiger partial charge < -0.3 is 0 Å². The van der Waals surface area contributed by atoms with Crippen molar-refractivity contribution in [2.24, 2.45) is 0 Å². The van der Waals surface area contributed by atoms with Gasteiger partial charge >= 0.3 is 0 Å². The molecule has 0 aliphatic carbocycles. The summed E-state index contributed by atoms with van der Waals surface area (Å²) in [6.45, 7) is 5.63. The topological polar surface area (TPSA) is 17.8 Å². The largest absolute Gasteiger partial charge is 0.221 e. The maximum atomic E-state index is 13.2. The highest BCUT2D eigenvalue weighted by atomic mass is 35.5. The molecule has 0 amide bonds. The second-order valence-electron chi connectivity index (χ2n) is 4.58. The third kappa shape index (κ3) is 2.34. The van der Waals surface area contributed by atoms with Crippen LogP contribution in [0.25, 0.3) is 5.69 Å². The lowest BCUT2D eigenvalue weighted by atomic mass is 10.1. The highest BCUT2D eigenvalue weighted by Crippen LogP contribution is 2.30. The smallest absolute Gasteiger partial charge is 0.194 e. The zero-order valence-electron chi connectivity index (χ0n) is 10.6. The molecule has 0 saturated carbocycles. The number of benzene rings is 1. The second kappa shape index (κ2) is 4.89. The summed E-state index contributed by atoms with van der Waals surface area (Å²) >= 11 is 6.17. The summed E-state index contributed by atoms with van der Waals surface area (Å²) in [5.41, 5.74) is 1.52. The Labute approximate surface area is 113 Å². The van der Waals surface area contributed by atoms with Crippen LogP contribution in [0.5, 0.6) is 0 Å². The fourth-order valence-electron chi connectivity index (χ4n) is 2.00. The predicted octanol–water partition coefficient (Wildman–Crippen LogP) is 4.37. The van der Waals surface area contributed by atoms with Crippen LogP contribution in [0.1, 0.15) is 31.0 Å². The molecule has 102 valence electrons. The molecule has 0 fully saturated rings. The van der Waals surface area contributed by atoms with Gasteiger partial charge in [0.05, 0.1) is 11.4 Å². The molecular formula is C13H12ClF3N2. The second-order valence-corrected chi connectivity index (χ2v) is 4.94. The highest BCUT2D eigenvalue weighted by Gasteiger charge is 2.19. The van der Waals surface area contributed by atoms with Crippen LogP contribution in [0, 0.1) is 24.4 Å². The zero-order valence-corrected chi connectivity index (χ0v) is 11.4. The van der Waals surface area contributed by atoms with Crippen molar-refractivity contribution in [2.75, 3.05) is 0 Å². The van der Waals surface area contributed by atoms with Gasteiger partial charge in [-0.05, 0) is 12.8 Å². The van der Waals surface area contributed by atoms with Crippen molar-refractivity contribution < 1.29 is 13.2 Å². The molecule has 19 heavy (non-hydrogen) atoms. The first kappa shape index (κ1) is 13.9. The Morgan fingerprint density at radius 3 is 2.11 bits per heavy atom. The molecule has 2 nitrogen and oxygen atoms in total. The van der Waals surface area contributed by atoms with Gasteiger partial charge in [0.2, 0.25) is 0 Å². The van der Waals surface area contributed by atoms with Crippen LogP contribution in [-0.4, -0.2) is 9.78 Å². The lowest BCUT2D eigenvalue weighted by molar-refractivity contribution is 0.446. The fourth-order valence-corrected chi connectivity index (χ4v) is 2.49. The SMILES string of the molecule is Cc1nn(-c2cc(F)c(F)c(F)c2)c(Cl)c1C(C)C.